The van der Waals surface area contributed by atoms with Gasteiger partial charge in [0.1, 0.15) is 0 Å². The number of aromatic nitrogens is 2. The maximum Gasteiger partial charge on any atom is 0.261 e. The Kier molecular flexibility index (Phi) is 3.44. The van der Waals surface area contributed by atoms with Crippen LogP contribution in [0.15, 0.2) is 23.1 Å². The summed E-state index contributed by atoms with van der Waals surface area (Å²) in [6.07, 6.45) is 4.31. The minimum atomic E-state index is -0.0538. The summed E-state index contributed by atoms with van der Waals surface area (Å²) in [7, 11) is 0. The lowest BCUT2D eigenvalue weighted by Gasteiger charge is -2.24. The molecule has 5 nitrogen and oxygen atoms in total. The van der Waals surface area contributed by atoms with Crippen LogP contribution in [0.2, 0.25) is 0 Å². The lowest BCUT2D eigenvalue weighted by molar-refractivity contribution is 0.448. The molecule has 0 saturated carbocycles. The van der Waals surface area contributed by atoms with Crippen LogP contribution in [0, 0.1) is 0 Å². The van der Waals surface area contributed by atoms with Gasteiger partial charge in [0.25, 0.3) is 5.56 Å². The molecule has 0 aliphatic carbocycles. The summed E-state index contributed by atoms with van der Waals surface area (Å²) < 4.78 is 1.44. The molecule has 1 saturated heterocycles. The maximum atomic E-state index is 12.6. The highest BCUT2D eigenvalue weighted by Crippen LogP contribution is 2.27. The molecular formula is C15H19N3O2. The molecule has 0 atom stereocenters. The van der Waals surface area contributed by atoms with E-state index in [4.69, 9.17) is 0 Å². The van der Waals surface area contributed by atoms with E-state index >= 15 is 0 Å². The molecule has 1 aliphatic rings. The van der Waals surface area contributed by atoms with Gasteiger partial charge in [0.2, 0.25) is 0 Å². The van der Waals surface area contributed by atoms with Gasteiger partial charge in [-0.25, -0.2) is 4.98 Å². The zero-order chi connectivity index (χ0) is 14.1. The summed E-state index contributed by atoms with van der Waals surface area (Å²) >= 11 is 0. The summed E-state index contributed by atoms with van der Waals surface area (Å²) in [5.74, 6) is 0.367. The highest BCUT2D eigenvalue weighted by molar-refractivity contribution is 5.53. The van der Waals surface area contributed by atoms with E-state index in [-0.39, 0.29) is 11.3 Å². The highest BCUT2D eigenvalue weighted by Gasteiger charge is 2.22. The predicted molar refractivity (Wildman–Crippen MR) is 77.3 cm³/mol. The number of aromatic hydroxyl groups is 1. The van der Waals surface area contributed by atoms with Crippen molar-refractivity contribution >= 4 is 5.65 Å². The van der Waals surface area contributed by atoms with E-state index in [1.807, 2.05) is 6.92 Å². The molecule has 2 N–H and O–H groups in total. The quantitative estimate of drug-likeness (QED) is 0.868. The van der Waals surface area contributed by atoms with E-state index in [1.165, 1.54) is 4.40 Å². The number of pyridine rings is 1. The topological polar surface area (TPSA) is 66.6 Å². The first kappa shape index (κ1) is 13.1. The summed E-state index contributed by atoms with van der Waals surface area (Å²) in [6.45, 7) is 3.89. The van der Waals surface area contributed by atoms with Crippen molar-refractivity contribution in [3.05, 3.63) is 39.9 Å². The van der Waals surface area contributed by atoms with Crippen molar-refractivity contribution in [2.24, 2.45) is 0 Å². The third kappa shape index (κ3) is 2.08. The lowest BCUT2D eigenvalue weighted by atomic mass is 9.91. The fraction of sp³-hybridized carbons (Fsp3) is 0.467. The summed E-state index contributed by atoms with van der Waals surface area (Å²) in [5.41, 5.74) is 1.96. The van der Waals surface area contributed by atoms with Gasteiger partial charge in [-0.1, -0.05) is 6.92 Å². The Morgan fingerprint density at radius 3 is 2.90 bits per heavy atom. The molecule has 0 aromatic carbocycles. The summed E-state index contributed by atoms with van der Waals surface area (Å²) in [4.78, 5) is 17.2. The van der Waals surface area contributed by atoms with Crippen molar-refractivity contribution in [2.45, 2.75) is 32.1 Å². The molecule has 5 heteroatoms. The van der Waals surface area contributed by atoms with E-state index in [0.29, 0.717) is 18.0 Å². The second-order valence-corrected chi connectivity index (χ2v) is 5.25. The Labute approximate surface area is 117 Å². The number of hydrogen-bond donors (Lipinski definition) is 2. The Morgan fingerprint density at radius 1 is 1.45 bits per heavy atom. The van der Waals surface area contributed by atoms with E-state index < -0.39 is 0 Å². The lowest BCUT2D eigenvalue weighted by Crippen LogP contribution is -2.30. The van der Waals surface area contributed by atoms with Gasteiger partial charge >= 0.3 is 0 Å². The minimum Gasteiger partial charge on any atom is -0.504 e. The molecule has 2 aromatic rings. The first-order valence-corrected chi connectivity index (χ1v) is 7.16. The molecule has 1 fully saturated rings. The van der Waals surface area contributed by atoms with Crippen LogP contribution in [-0.4, -0.2) is 27.6 Å². The van der Waals surface area contributed by atoms with Gasteiger partial charge in [0.15, 0.2) is 11.4 Å². The Balaban J connectivity index is 2.24. The Morgan fingerprint density at radius 2 is 2.20 bits per heavy atom. The van der Waals surface area contributed by atoms with E-state index in [0.717, 1.165) is 37.2 Å². The van der Waals surface area contributed by atoms with Crippen LogP contribution < -0.4 is 10.9 Å². The molecule has 0 bridgehead atoms. The zero-order valence-electron chi connectivity index (χ0n) is 11.6. The molecule has 1 aliphatic heterocycles. The molecule has 106 valence electrons. The molecule has 3 rings (SSSR count). The Hall–Kier alpha value is -1.88. The van der Waals surface area contributed by atoms with Gasteiger partial charge in [-0.05, 0) is 44.5 Å². The Bertz CT molecular complexity index is 687. The van der Waals surface area contributed by atoms with Crippen molar-refractivity contribution < 1.29 is 5.11 Å². The van der Waals surface area contributed by atoms with Crippen molar-refractivity contribution in [3.8, 4) is 5.75 Å². The average molecular weight is 273 g/mol. The fourth-order valence-corrected chi connectivity index (χ4v) is 2.97. The summed E-state index contributed by atoms with van der Waals surface area (Å²) in [5, 5.41) is 13.3. The molecule has 0 amide bonds. The fourth-order valence-electron chi connectivity index (χ4n) is 2.97. The van der Waals surface area contributed by atoms with E-state index in [9.17, 15) is 9.90 Å². The number of fused-ring (bicyclic) bond motifs is 1. The summed E-state index contributed by atoms with van der Waals surface area (Å²) in [6, 6.07) is 3.23. The van der Waals surface area contributed by atoms with Crippen LogP contribution in [0.3, 0.4) is 0 Å². The number of nitrogens with zero attached hydrogens (tertiary/aromatic N) is 2. The van der Waals surface area contributed by atoms with Gasteiger partial charge in [-0.2, -0.15) is 0 Å². The standard InChI is InChI=1S/C15H19N3O2/c1-2-11-13(10-5-7-16-8-6-10)17-14-12(19)4-3-9-18(14)15(11)20/h3-4,9-10,16,19H,2,5-8H2,1H3. The van der Waals surface area contributed by atoms with Gasteiger partial charge in [-0.3, -0.25) is 9.20 Å². The second-order valence-electron chi connectivity index (χ2n) is 5.25. The zero-order valence-corrected chi connectivity index (χ0v) is 11.6. The first-order valence-electron chi connectivity index (χ1n) is 7.16. The highest BCUT2D eigenvalue weighted by atomic mass is 16.3. The molecule has 0 radical (unpaired) electrons. The monoisotopic (exact) mass is 273 g/mol. The number of nitrogens with one attached hydrogen (secondary N) is 1. The van der Waals surface area contributed by atoms with E-state index in [1.54, 1.807) is 18.3 Å². The SMILES string of the molecule is CCc1c(C2CCNCC2)nc2c(O)cccn2c1=O. The van der Waals surface area contributed by atoms with Crippen molar-refractivity contribution in [2.75, 3.05) is 13.1 Å². The third-order valence-electron chi connectivity index (χ3n) is 4.04. The smallest absolute Gasteiger partial charge is 0.261 e. The van der Waals surface area contributed by atoms with Crippen molar-refractivity contribution in [1.29, 1.82) is 0 Å². The molecule has 0 unspecified atom stereocenters. The van der Waals surface area contributed by atoms with Crippen LogP contribution in [0.1, 0.15) is 36.9 Å². The van der Waals surface area contributed by atoms with Crippen LogP contribution in [0.4, 0.5) is 0 Å². The third-order valence-corrected chi connectivity index (χ3v) is 4.04. The number of piperidine rings is 1. The molecule has 0 spiro atoms. The molecule has 2 aromatic heterocycles. The van der Waals surface area contributed by atoms with Crippen molar-refractivity contribution in [1.82, 2.24) is 14.7 Å². The predicted octanol–water partition coefficient (Wildman–Crippen LogP) is 1.43. The van der Waals surface area contributed by atoms with Crippen molar-refractivity contribution in [3.63, 3.8) is 0 Å². The normalized spacial score (nSPS) is 16.6. The minimum absolute atomic E-state index is 0.0538. The largest absolute Gasteiger partial charge is 0.504 e. The maximum absolute atomic E-state index is 12.6. The number of hydrogen-bond acceptors (Lipinski definition) is 4. The second kappa shape index (κ2) is 5.25. The van der Waals surface area contributed by atoms with Crippen LogP contribution in [0.25, 0.3) is 5.65 Å². The molecular weight excluding hydrogens is 254 g/mol. The first-order chi connectivity index (χ1) is 9.72. The number of rotatable bonds is 2. The van der Waals surface area contributed by atoms with Gasteiger partial charge in [0, 0.05) is 17.7 Å². The van der Waals surface area contributed by atoms with Gasteiger partial charge in [0.05, 0.1) is 5.69 Å². The van der Waals surface area contributed by atoms with Crippen LogP contribution in [-0.2, 0) is 6.42 Å². The molecule has 20 heavy (non-hydrogen) atoms. The van der Waals surface area contributed by atoms with Gasteiger partial charge < -0.3 is 10.4 Å². The van der Waals surface area contributed by atoms with Gasteiger partial charge in [-0.15, -0.1) is 0 Å². The van der Waals surface area contributed by atoms with Crippen LogP contribution in [0.5, 0.6) is 5.75 Å². The van der Waals surface area contributed by atoms with E-state index in [2.05, 4.69) is 10.3 Å². The average Bonchev–Trinajstić information content (AvgIpc) is 2.49. The van der Waals surface area contributed by atoms with Crippen LogP contribution >= 0.6 is 0 Å². The molecule has 3 heterocycles.